The molecular formula is C16H22N2. The lowest BCUT2D eigenvalue weighted by Gasteiger charge is -2.37. The molecule has 0 radical (unpaired) electrons. The first kappa shape index (κ1) is 11.6. The molecule has 1 saturated heterocycles. The molecule has 0 aliphatic carbocycles. The quantitative estimate of drug-likeness (QED) is 0.852. The summed E-state index contributed by atoms with van der Waals surface area (Å²) in [6, 6.07) is 4.69. The zero-order valence-corrected chi connectivity index (χ0v) is 11.4. The van der Waals surface area contributed by atoms with Crippen LogP contribution in [0.1, 0.15) is 43.4 Å². The van der Waals surface area contributed by atoms with E-state index in [0.29, 0.717) is 6.17 Å². The average molecular weight is 242 g/mol. The van der Waals surface area contributed by atoms with Gasteiger partial charge in [0.2, 0.25) is 0 Å². The molecule has 0 saturated carbocycles. The van der Waals surface area contributed by atoms with Crippen LogP contribution in [0.25, 0.3) is 5.70 Å². The van der Waals surface area contributed by atoms with Gasteiger partial charge in [0.05, 0.1) is 6.17 Å². The van der Waals surface area contributed by atoms with Crippen molar-refractivity contribution in [2.75, 3.05) is 11.9 Å². The molecule has 2 nitrogen and oxygen atoms in total. The zero-order chi connectivity index (χ0) is 12.7. The molecule has 1 aromatic carbocycles. The maximum atomic E-state index is 4.32. The fourth-order valence-corrected chi connectivity index (χ4v) is 3.28. The van der Waals surface area contributed by atoms with Crippen LogP contribution < -0.4 is 5.32 Å². The number of benzene rings is 1. The molecule has 0 amide bonds. The predicted octanol–water partition coefficient (Wildman–Crippen LogP) is 3.63. The minimum absolute atomic E-state index is 0.474. The summed E-state index contributed by atoms with van der Waals surface area (Å²) >= 11 is 0. The molecular weight excluding hydrogens is 220 g/mol. The molecule has 2 heterocycles. The first-order valence-corrected chi connectivity index (χ1v) is 7.12. The van der Waals surface area contributed by atoms with E-state index in [9.17, 15) is 0 Å². The predicted molar refractivity (Wildman–Crippen MR) is 77.6 cm³/mol. The fourth-order valence-electron chi connectivity index (χ4n) is 3.28. The summed E-state index contributed by atoms with van der Waals surface area (Å²) in [6.45, 7) is 9.93. The van der Waals surface area contributed by atoms with Gasteiger partial charge in [0.25, 0.3) is 0 Å². The summed E-state index contributed by atoms with van der Waals surface area (Å²) < 4.78 is 0. The van der Waals surface area contributed by atoms with Gasteiger partial charge in [0, 0.05) is 23.5 Å². The lowest BCUT2D eigenvalue weighted by Crippen LogP contribution is -2.38. The highest BCUT2D eigenvalue weighted by molar-refractivity contribution is 5.78. The number of nitrogens with one attached hydrogen (secondary N) is 1. The number of hydrogen-bond acceptors (Lipinski definition) is 2. The van der Waals surface area contributed by atoms with Crippen LogP contribution in [0, 0.1) is 0 Å². The van der Waals surface area contributed by atoms with E-state index in [1.807, 2.05) is 0 Å². The summed E-state index contributed by atoms with van der Waals surface area (Å²) in [6.07, 6.45) is 5.19. The van der Waals surface area contributed by atoms with Gasteiger partial charge in [-0.2, -0.15) is 0 Å². The molecule has 0 aromatic heterocycles. The Hall–Kier alpha value is -1.44. The van der Waals surface area contributed by atoms with Crippen LogP contribution in [0.2, 0.25) is 0 Å². The van der Waals surface area contributed by atoms with Gasteiger partial charge < -0.3 is 10.2 Å². The van der Waals surface area contributed by atoms with E-state index in [2.05, 4.69) is 42.8 Å². The van der Waals surface area contributed by atoms with Crippen molar-refractivity contribution in [3.63, 3.8) is 0 Å². The van der Waals surface area contributed by atoms with Crippen LogP contribution in [-0.2, 0) is 12.8 Å². The highest BCUT2D eigenvalue weighted by Crippen LogP contribution is 2.38. The van der Waals surface area contributed by atoms with Crippen LogP contribution in [0.4, 0.5) is 5.69 Å². The molecule has 0 spiro atoms. The Kier molecular flexibility index (Phi) is 2.81. The van der Waals surface area contributed by atoms with Crippen molar-refractivity contribution in [2.24, 2.45) is 0 Å². The van der Waals surface area contributed by atoms with Crippen molar-refractivity contribution in [3.8, 4) is 0 Å². The normalized spacial score (nSPS) is 21.6. The van der Waals surface area contributed by atoms with Gasteiger partial charge in [-0.25, -0.2) is 0 Å². The Bertz CT molecular complexity index is 490. The van der Waals surface area contributed by atoms with Crippen molar-refractivity contribution in [1.82, 2.24) is 4.90 Å². The fraction of sp³-hybridized carbons (Fsp3) is 0.500. The molecule has 1 N–H and O–H groups in total. The smallest absolute Gasteiger partial charge is 0.0990 e. The summed E-state index contributed by atoms with van der Waals surface area (Å²) in [5, 5.41) is 3.68. The minimum Gasteiger partial charge on any atom is -0.365 e. The van der Waals surface area contributed by atoms with Crippen molar-refractivity contribution in [1.29, 1.82) is 0 Å². The average Bonchev–Trinajstić information content (AvgIpc) is 2.86. The Morgan fingerprint density at radius 3 is 2.72 bits per heavy atom. The van der Waals surface area contributed by atoms with Crippen molar-refractivity contribution < 1.29 is 0 Å². The number of rotatable bonds is 2. The van der Waals surface area contributed by atoms with E-state index < -0.39 is 0 Å². The van der Waals surface area contributed by atoms with Crippen molar-refractivity contribution in [2.45, 2.75) is 45.7 Å². The number of hydrogen-bond donors (Lipinski definition) is 1. The molecule has 1 unspecified atom stereocenters. The maximum Gasteiger partial charge on any atom is 0.0990 e. The standard InChI is InChI=1S/C16H22N2/c1-4-12-9-14-11(3)18-8-6-7-16(18)17-15(14)10-13(12)5-2/h9-10,16-17H,3-8H2,1-2H3. The molecule has 2 heteroatoms. The molecule has 0 bridgehead atoms. The van der Waals surface area contributed by atoms with E-state index in [1.165, 1.54) is 40.9 Å². The Morgan fingerprint density at radius 1 is 1.28 bits per heavy atom. The molecule has 1 atom stereocenters. The van der Waals surface area contributed by atoms with Crippen LogP contribution in [-0.4, -0.2) is 17.6 Å². The minimum atomic E-state index is 0.474. The van der Waals surface area contributed by atoms with Gasteiger partial charge in [-0.15, -0.1) is 0 Å². The summed E-state index contributed by atoms with van der Waals surface area (Å²) in [5.41, 5.74) is 6.75. The second kappa shape index (κ2) is 4.34. The van der Waals surface area contributed by atoms with Gasteiger partial charge in [0.1, 0.15) is 0 Å². The van der Waals surface area contributed by atoms with Crippen molar-refractivity contribution in [3.05, 3.63) is 35.4 Å². The van der Waals surface area contributed by atoms with Gasteiger partial charge in [0.15, 0.2) is 0 Å². The second-order valence-electron chi connectivity index (χ2n) is 5.32. The topological polar surface area (TPSA) is 15.3 Å². The van der Waals surface area contributed by atoms with E-state index in [1.54, 1.807) is 0 Å². The van der Waals surface area contributed by atoms with Crippen molar-refractivity contribution >= 4 is 11.4 Å². The third-order valence-corrected chi connectivity index (χ3v) is 4.33. The molecule has 1 fully saturated rings. The largest absolute Gasteiger partial charge is 0.365 e. The van der Waals surface area contributed by atoms with E-state index in [0.717, 1.165) is 19.4 Å². The molecule has 1 aromatic rings. The van der Waals surface area contributed by atoms with Crippen LogP contribution >= 0.6 is 0 Å². The monoisotopic (exact) mass is 242 g/mol. The SMILES string of the molecule is C=C1c2cc(CC)c(CC)cc2NC2CCCN12. The van der Waals surface area contributed by atoms with E-state index >= 15 is 0 Å². The molecule has 3 rings (SSSR count). The van der Waals surface area contributed by atoms with E-state index in [4.69, 9.17) is 0 Å². The second-order valence-corrected chi connectivity index (χ2v) is 5.32. The Balaban J connectivity index is 2.08. The molecule has 2 aliphatic heterocycles. The maximum absolute atomic E-state index is 4.32. The van der Waals surface area contributed by atoms with Gasteiger partial charge in [-0.05, 0) is 48.9 Å². The van der Waals surface area contributed by atoms with Crippen LogP contribution in [0.15, 0.2) is 18.7 Å². The number of nitrogens with zero attached hydrogens (tertiary/aromatic N) is 1. The molecule has 18 heavy (non-hydrogen) atoms. The van der Waals surface area contributed by atoms with Gasteiger partial charge in [-0.1, -0.05) is 20.4 Å². The van der Waals surface area contributed by atoms with Gasteiger partial charge in [-0.3, -0.25) is 0 Å². The first-order chi connectivity index (χ1) is 8.74. The third-order valence-electron chi connectivity index (χ3n) is 4.33. The van der Waals surface area contributed by atoms with Crippen LogP contribution in [0.5, 0.6) is 0 Å². The zero-order valence-electron chi connectivity index (χ0n) is 11.4. The third kappa shape index (κ3) is 1.63. The van der Waals surface area contributed by atoms with Gasteiger partial charge >= 0.3 is 0 Å². The molecule has 96 valence electrons. The first-order valence-electron chi connectivity index (χ1n) is 7.12. The summed E-state index contributed by atoms with van der Waals surface area (Å²) in [4.78, 5) is 2.42. The van der Waals surface area contributed by atoms with Crippen LogP contribution in [0.3, 0.4) is 0 Å². The highest BCUT2D eigenvalue weighted by atomic mass is 15.3. The molecule has 2 aliphatic rings. The lowest BCUT2D eigenvalue weighted by molar-refractivity contribution is 0.395. The highest BCUT2D eigenvalue weighted by Gasteiger charge is 2.31. The number of anilines is 1. The Labute approximate surface area is 110 Å². The van der Waals surface area contributed by atoms with E-state index in [-0.39, 0.29) is 0 Å². The number of aryl methyl sites for hydroxylation is 2. The Morgan fingerprint density at radius 2 is 2.00 bits per heavy atom. The number of fused-ring (bicyclic) bond motifs is 2. The lowest BCUT2D eigenvalue weighted by atomic mass is 9.95. The summed E-state index contributed by atoms with van der Waals surface area (Å²) in [5.74, 6) is 0. The summed E-state index contributed by atoms with van der Waals surface area (Å²) in [7, 11) is 0.